The molecule has 1 aromatic rings. The van der Waals surface area contributed by atoms with Crippen molar-refractivity contribution in [2.24, 2.45) is 0 Å². The Morgan fingerprint density at radius 1 is 1.62 bits per heavy atom. The third-order valence-corrected chi connectivity index (χ3v) is 3.81. The molecule has 0 radical (unpaired) electrons. The molecule has 1 aliphatic heterocycles. The molecule has 0 aromatic heterocycles. The molecule has 1 aromatic carbocycles. The average Bonchev–Trinajstić information content (AvgIpc) is 2.43. The minimum absolute atomic E-state index is 0.0388. The Morgan fingerprint density at radius 3 is 3.10 bits per heavy atom. The van der Waals surface area contributed by atoms with Gasteiger partial charge in [-0.2, -0.15) is 0 Å². The summed E-state index contributed by atoms with van der Waals surface area (Å²) in [5.74, 6) is 0.483. The average molecular weight is 378 g/mol. The number of carbonyl (C=O) groups excluding carboxylic acids is 1. The Labute approximate surface area is 137 Å². The maximum Gasteiger partial charge on any atom is 0.226 e. The molecule has 21 heavy (non-hydrogen) atoms. The summed E-state index contributed by atoms with van der Waals surface area (Å²) in [4.78, 5) is 12.1. The first-order chi connectivity index (χ1) is 10.1. The summed E-state index contributed by atoms with van der Waals surface area (Å²) in [6, 6.07) is 3.45. The molecule has 1 unspecified atom stereocenters. The lowest BCUT2D eigenvalue weighted by atomic mass is 10.2. The molecular formula is C14H18BrClN2O3. The second kappa shape index (κ2) is 7.98. The molecule has 2 rings (SSSR count). The third-order valence-electron chi connectivity index (χ3n) is 3.00. The summed E-state index contributed by atoms with van der Waals surface area (Å²) in [5, 5.41) is 6.62. The Morgan fingerprint density at radius 2 is 2.43 bits per heavy atom. The van der Waals surface area contributed by atoms with E-state index >= 15 is 0 Å². The predicted octanol–water partition coefficient (Wildman–Crippen LogP) is 2.82. The monoisotopic (exact) mass is 376 g/mol. The van der Waals surface area contributed by atoms with Crippen LogP contribution >= 0.6 is 27.5 Å². The molecule has 1 heterocycles. The van der Waals surface area contributed by atoms with Crippen molar-refractivity contribution >= 4 is 39.1 Å². The minimum Gasteiger partial charge on any atom is -0.491 e. The van der Waals surface area contributed by atoms with Gasteiger partial charge in [0, 0.05) is 24.0 Å². The van der Waals surface area contributed by atoms with Crippen LogP contribution in [0.4, 0.5) is 5.69 Å². The molecule has 2 N–H and O–H groups in total. The van der Waals surface area contributed by atoms with Crippen LogP contribution in [0.15, 0.2) is 16.6 Å². The zero-order chi connectivity index (χ0) is 15.2. The van der Waals surface area contributed by atoms with Crippen molar-refractivity contribution in [3.05, 3.63) is 21.6 Å². The highest BCUT2D eigenvalue weighted by atomic mass is 79.9. The first-order valence-electron chi connectivity index (χ1n) is 6.83. The third kappa shape index (κ3) is 4.85. The molecule has 1 saturated heterocycles. The molecule has 0 saturated carbocycles. The Hall–Kier alpha value is -0.820. The minimum atomic E-state index is -0.104. The number of rotatable bonds is 5. The van der Waals surface area contributed by atoms with Crippen LogP contribution in [0.2, 0.25) is 5.02 Å². The zero-order valence-corrected chi connectivity index (χ0v) is 14.1. The van der Waals surface area contributed by atoms with Crippen molar-refractivity contribution in [3.63, 3.8) is 0 Å². The van der Waals surface area contributed by atoms with Gasteiger partial charge < -0.3 is 20.1 Å². The largest absolute Gasteiger partial charge is 0.491 e. The van der Waals surface area contributed by atoms with E-state index < -0.39 is 0 Å². The van der Waals surface area contributed by atoms with Gasteiger partial charge in [-0.25, -0.2) is 0 Å². The smallest absolute Gasteiger partial charge is 0.226 e. The van der Waals surface area contributed by atoms with Crippen molar-refractivity contribution in [2.45, 2.75) is 19.4 Å². The lowest BCUT2D eigenvalue weighted by molar-refractivity contribution is -0.117. The van der Waals surface area contributed by atoms with Crippen LogP contribution in [-0.2, 0) is 9.53 Å². The van der Waals surface area contributed by atoms with Gasteiger partial charge in [-0.05, 0) is 35.0 Å². The normalized spacial score (nSPS) is 18.3. The molecule has 1 amide bonds. The highest BCUT2D eigenvalue weighted by Gasteiger charge is 2.19. The van der Waals surface area contributed by atoms with Crippen molar-refractivity contribution in [3.8, 4) is 5.75 Å². The van der Waals surface area contributed by atoms with Gasteiger partial charge in [0.05, 0.1) is 30.0 Å². The number of morpholine rings is 1. The van der Waals surface area contributed by atoms with Gasteiger partial charge in [-0.15, -0.1) is 0 Å². The second-order valence-electron chi connectivity index (χ2n) is 4.68. The highest BCUT2D eigenvalue weighted by molar-refractivity contribution is 9.10. The number of nitrogens with one attached hydrogen (secondary N) is 2. The van der Waals surface area contributed by atoms with Crippen LogP contribution < -0.4 is 15.4 Å². The zero-order valence-electron chi connectivity index (χ0n) is 11.7. The summed E-state index contributed by atoms with van der Waals surface area (Å²) in [6.07, 6.45) is 0.343. The second-order valence-corrected chi connectivity index (χ2v) is 5.97. The van der Waals surface area contributed by atoms with Gasteiger partial charge in [-0.3, -0.25) is 4.79 Å². The topological polar surface area (TPSA) is 59.6 Å². The Balaban J connectivity index is 2.05. The van der Waals surface area contributed by atoms with E-state index in [0.717, 1.165) is 6.54 Å². The van der Waals surface area contributed by atoms with Crippen LogP contribution in [0.1, 0.15) is 13.3 Å². The first kappa shape index (κ1) is 16.5. The molecule has 5 nitrogen and oxygen atoms in total. The van der Waals surface area contributed by atoms with Crippen LogP contribution in [0.25, 0.3) is 0 Å². The molecule has 1 atom stereocenters. The number of halogens is 2. The number of ether oxygens (including phenoxy) is 2. The van der Waals surface area contributed by atoms with Gasteiger partial charge in [0.1, 0.15) is 0 Å². The Bertz CT molecular complexity index is 507. The fourth-order valence-electron chi connectivity index (χ4n) is 2.12. The van der Waals surface area contributed by atoms with Crippen molar-refractivity contribution in [1.29, 1.82) is 0 Å². The summed E-state index contributed by atoms with van der Waals surface area (Å²) in [7, 11) is 0. The molecular weight excluding hydrogens is 360 g/mol. The number of hydrogen-bond acceptors (Lipinski definition) is 4. The molecule has 1 fully saturated rings. The number of anilines is 1. The number of benzene rings is 1. The predicted molar refractivity (Wildman–Crippen MR) is 86.2 cm³/mol. The number of hydrogen-bond donors (Lipinski definition) is 2. The summed E-state index contributed by atoms with van der Waals surface area (Å²) >= 11 is 9.42. The fourth-order valence-corrected chi connectivity index (χ4v) is 3.04. The van der Waals surface area contributed by atoms with Crippen molar-refractivity contribution < 1.29 is 14.3 Å². The number of carbonyl (C=O) groups is 1. The lowest BCUT2D eigenvalue weighted by Gasteiger charge is -2.23. The van der Waals surface area contributed by atoms with Crippen LogP contribution in [0, 0.1) is 0 Å². The summed E-state index contributed by atoms with van der Waals surface area (Å²) in [6.45, 7) is 4.39. The van der Waals surface area contributed by atoms with Crippen molar-refractivity contribution in [2.75, 3.05) is 31.7 Å². The van der Waals surface area contributed by atoms with E-state index in [4.69, 9.17) is 21.1 Å². The molecule has 116 valence electrons. The van der Waals surface area contributed by atoms with E-state index in [1.807, 2.05) is 6.92 Å². The van der Waals surface area contributed by atoms with Crippen molar-refractivity contribution in [1.82, 2.24) is 5.32 Å². The van der Waals surface area contributed by atoms with Gasteiger partial charge in [0.15, 0.2) is 5.75 Å². The summed E-state index contributed by atoms with van der Waals surface area (Å²) < 4.78 is 11.6. The van der Waals surface area contributed by atoms with Gasteiger partial charge in [-0.1, -0.05) is 11.6 Å². The van der Waals surface area contributed by atoms with Crippen LogP contribution in [0.5, 0.6) is 5.75 Å². The molecule has 7 heteroatoms. The van der Waals surface area contributed by atoms with Crippen LogP contribution in [0.3, 0.4) is 0 Å². The molecule has 0 spiro atoms. The standard InChI is InChI=1S/C14H18BrClN2O3/c1-2-21-14-11(15)5-9(16)6-12(14)18-13(19)7-10-8-20-4-3-17-10/h5-6,10,17H,2-4,7-8H2,1H3,(H,18,19). The van der Waals surface area contributed by atoms with E-state index in [-0.39, 0.29) is 11.9 Å². The maximum atomic E-state index is 12.1. The van der Waals surface area contributed by atoms with Gasteiger partial charge >= 0.3 is 0 Å². The van der Waals surface area contributed by atoms with E-state index in [0.29, 0.717) is 47.2 Å². The van der Waals surface area contributed by atoms with Gasteiger partial charge in [0.2, 0.25) is 5.91 Å². The highest BCUT2D eigenvalue weighted by Crippen LogP contribution is 2.36. The molecule has 1 aliphatic rings. The maximum absolute atomic E-state index is 12.1. The molecule has 0 aliphatic carbocycles. The van der Waals surface area contributed by atoms with E-state index in [9.17, 15) is 4.79 Å². The lowest BCUT2D eigenvalue weighted by Crippen LogP contribution is -2.43. The van der Waals surface area contributed by atoms with Gasteiger partial charge in [0.25, 0.3) is 0 Å². The quantitative estimate of drug-likeness (QED) is 0.828. The fraction of sp³-hybridized carbons (Fsp3) is 0.500. The van der Waals surface area contributed by atoms with E-state index in [1.165, 1.54) is 0 Å². The first-order valence-corrected chi connectivity index (χ1v) is 8.00. The SMILES string of the molecule is CCOc1c(Br)cc(Cl)cc1NC(=O)CC1COCCN1. The van der Waals surface area contributed by atoms with E-state index in [1.54, 1.807) is 12.1 Å². The summed E-state index contributed by atoms with van der Waals surface area (Å²) in [5.41, 5.74) is 0.568. The number of amides is 1. The molecule has 0 bridgehead atoms. The van der Waals surface area contributed by atoms with E-state index in [2.05, 4.69) is 26.6 Å². The van der Waals surface area contributed by atoms with Crippen LogP contribution in [-0.4, -0.2) is 38.3 Å². The Kier molecular flexibility index (Phi) is 6.29.